The van der Waals surface area contributed by atoms with Crippen LogP contribution in [0.2, 0.25) is 0 Å². The largest absolute Gasteiger partial charge is 0.465 e. The van der Waals surface area contributed by atoms with Gasteiger partial charge in [-0.15, -0.1) is 0 Å². The minimum atomic E-state index is -0.312. The van der Waals surface area contributed by atoms with Crippen LogP contribution in [-0.2, 0) is 4.74 Å². The van der Waals surface area contributed by atoms with Crippen molar-refractivity contribution in [3.05, 3.63) is 10.6 Å². The minimum Gasteiger partial charge on any atom is -0.465 e. The van der Waals surface area contributed by atoms with Crippen molar-refractivity contribution in [1.29, 1.82) is 0 Å². The van der Waals surface area contributed by atoms with E-state index < -0.39 is 0 Å². The molecular weight excluding hydrogens is 212 g/mol. The van der Waals surface area contributed by atoms with Crippen LogP contribution in [0.3, 0.4) is 0 Å². The molecule has 0 aliphatic carbocycles. The van der Waals surface area contributed by atoms with Crippen molar-refractivity contribution in [3.63, 3.8) is 0 Å². The van der Waals surface area contributed by atoms with Crippen LogP contribution in [0.15, 0.2) is 0 Å². The summed E-state index contributed by atoms with van der Waals surface area (Å²) in [6.07, 6.45) is 2.24. The highest BCUT2D eigenvalue weighted by molar-refractivity contribution is 7.17. The summed E-state index contributed by atoms with van der Waals surface area (Å²) in [5.74, 6) is -0.312. The van der Waals surface area contributed by atoms with Gasteiger partial charge in [-0.1, -0.05) is 24.7 Å². The van der Waals surface area contributed by atoms with Gasteiger partial charge in [0.15, 0.2) is 5.13 Å². The van der Waals surface area contributed by atoms with E-state index in [2.05, 4.69) is 22.0 Å². The third-order valence-electron chi connectivity index (χ3n) is 1.97. The van der Waals surface area contributed by atoms with Gasteiger partial charge in [0.2, 0.25) is 0 Å². The lowest BCUT2D eigenvalue weighted by atomic mass is 10.3. The quantitative estimate of drug-likeness (QED) is 0.621. The molecule has 1 heterocycles. The van der Waals surface area contributed by atoms with Crippen molar-refractivity contribution in [3.8, 4) is 0 Å². The maximum atomic E-state index is 11.3. The van der Waals surface area contributed by atoms with Gasteiger partial charge in [-0.25, -0.2) is 9.78 Å². The molecule has 84 valence electrons. The third kappa shape index (κ3) is 3.20. The molecule has 0 aliphatic rings. The number of ether oxygens (including phenoxy) is 1. The molecule has 0 aliphatic heterocycles. The average Bonchev–Trinajstić information content (AvgIpc) is 2.59. The lowest BCUT2D eigenvalue weighted by molar-refractivity contribution is 0.0605. The summed E-state index contributed by atoms with van der Waals surface area (Å²) in [5, 5.41) is 3.98. The highest BCUT2D eigenvalue weighted by Crippen LogP contribution is 2.23. The fourth-order valence-corrected chi connectivity index (χ4v) is 2.04. The number of thiazole rings is 1. The Morgan fingerprint density at radius 1 is 1.60 bits per heavy atom. The number of nitrogens with one attached hydrogen (secondary N) is 1. The molecule has 0 unspecified atom stereocenters. The first-order valence-electron chi connectivity index (χ1n) is 4.98. The SMILES string of the molecule is CCCCNc1nc(C)c(C(=O)OC)s1. The number of carbonyl (C=O) groups is 1. The van der Waals surface area contributed by atoms with Crippen LogP contribution in [-0.4, -0.2) is 24.6 Å². The number of hydrogen-bond donors (Lipinski definition) is 1. The van der Waals surface area contributed by atoms with Crippen LogP contribution in [0.5, 0.6) is 0 Å². The molecule has 0 amide bonds. The van der Waals surface area contributed by atoms with Gasteiger partial charge in [0.05, 0.1) is 12.8 Å². The molecule has 1 aromatic heterocycles. The van der Waals surface area contributed by atoms with Crippen LogP contribution in [0, 0.1) is 6.92 Å². The van der Waals surface area contributed by atoms with Crippen molar-refractivity contribution in [1.82, 2.24) is 4.98 Å². The molecule has 0 bridgehead atoms. The predicted octanol–water partition coefficient (Wildman–Crippen LogP) is 2.45. The van der Waals surface area contributed by atoms with Gasteiger partial charge >= 0.3 is 5.97 Å². The first kappa shape index (κ1) is 12.0. The van der Waals surface area contributed by atoms with E-state index in [0.717, 1.165) is 30.2 Å². The Balaban J connectivity index is 2.64. The number of methoxy groups -OCH3 is 1. The summed E-state index contributed by atoms with van der Waals surface area (Å²) in [6, 6.07) is 0. The fraction of sp³-hybridized carbons (Fsp3) is 0.600. The molecule has 4 nitrogen and oxygen atoms in total. The summed E-state index contributed by atoms with van der Waals surface area (Å²) in [7, 11) is 1.38. The van der Waals surface area contributed by atoms with E-state index in [9.17, 15) is 4.79 Å². The Bertz CT molecular complexity index is 336. The second kappa shape index (κ2) is 5.70. The molecule has 1 rings (SSSR count). The van der Waals surface area contributed by atoms with Gasteiger partial charge in [-0.2, -0.15) is 0 Å². The monoisotopic (exact) mass is 228 g/mol. The summed E-state index contributed by atoms with van der Waals surface area (Å²) in [4.78, 5) is 16.1. The van der Waals surface area contributed by atoms with Gasteiger partial charge in [-0.05, 0) is 13.3 Å². The van der Waals surface area contributed by atoms with Gasteiger partial charge in [0.25, 0.3) is 0 Å². The van der Waals surface area contributed by atoms with E-state index in [1.54, 1.807) is 0 Å². The smallest absolute Gasteiger partial charge is 0.350 e. The number of rotatable bonds is 5. The molecule has 0 atom stereocenters. The van der Waals surface area contributed by atoms with E-state index in [0.29, 0.717) is 4.88 Å². The summed E-state index contributed by atoms with van der Waals surface area (Å²) < 4.78 is 4.66. The Morgan fingerprint density at radius 3 is 2.93 bits per heavy atom. The standard InChI is InChI=1S/C10H16N2O2S/c1-4-5-6-11-10-12-7(2)8(15-10)9(13)14-3/h4-6H2,1-3H3,(H,11,12). The topological polar surface area (TPSA) is 51.2 Å². The maximum absolute atomic E-state index is 11.3. The number of aromatic nitrogens is 1. The zero-order valence-electron chi connectivity index (χ0n) is 9.29. The molecule has 0 fully saturated rings. The van der Waals surface area contributed by atoms with E-state index >= 15 is 0 Å². The van der Waals surface area contributed by atoms with E-state index in [4.69, 9.17) is 0 Å². The fourth-order valence-electron chi connectivity index (χ4n) is 1.13. The summed E-state index contributed by atoms with van der Waals surface area (Å²) >= 11 is 1.35. The molecule has 0 aromatic carbocycles. The van der Waals surface area contributed by atoms with Crippen molar-refractivity contribution in [2.75, 3.05) is 19.0 Å². The van der Waals surface area contributed by atoms with Crippen molar-refractivity contribution < 1.29 is 9.53 Å². The molecule has 1 aromatic rings. The Labute approximate surface area is 93.7 Å². The molecular formula is C10H16N2O2S. The summed E-state index contributed by atoms with van der Waals surface area (Å²) in [5.41, 5.74) is 0.728. The predicted molar refractivity (Wildman–Crippen MR) is 61.6 cm³/mol. The molecule has 1 N–H and O–H groups in total. The van der Waals surface area contributed by atoms with Crippen LogP contribution in [0.25, 0.3) is 0 Å². The minimum absolute atomic E-state index is 0.312. The van der Waals surface area contributed by atoms with E-state index in [1.807, 2.05) is 6.92 Å². The zero-order valence-corrected chi connectivity index (χ0v) is 10.1. The van der Waals surface area contributed by atoms with Gasteiger partial charge in [-0.3, -0.25) is 0 Å². The van der Waals surface area contributed by atoms with Gasteiger partial charge in [0, 0.05) is 6.54 Å². The third-order valence-corrected chi connectivity index (χ3v) is 3.07. The average molecular weight is 228 g/mol. The second-order valence-electron chi connectivity index (χ2n) is 3.21. The van der Waals surface area contributed by atoms with Gasteiger partial charge < -0.3 is 10.1 Å². The number of nitrogens with zero attached hydrogens (tertiary/aromatic N) is 1. The maximum Gasteiger partial charge on any atom is 0.350 e. The lowest BCUT2D eigenvalue weighted by Crippen LogP contribution is -1.99. The first-order chi connectivity index (χ1) is 7.19. The number of esters is 1. The number of hydrogen-bond acceptors (Lipinski definition) is 5. The van der Waals surface area contributed by atoms with Crippen LogP contribution < -0.4 is 5.32 Å². The second-order valence-corrected chi connectivity index (χ2v) is 4.20. The van der Waals surface area contributed by atoms with Crippen molar-refractivity contribution in [2.24, 2.45) is 0 Å². The molecule has 15 heavy (non-hydrogen) atoms. The zero-order chi connectivity index (χ0) is 11.3. The number of aryl methyl sites for hydroxylation is 1. The van der Waals surface area contributed by atoms with E-state index in [1.165, 1.54) is 18.4 Å². The van der Waals surface area contributed by atoms with Gasteiger partial charge in [0.1, 0.15) is 4.88 Å². The first-order valence-corrected chi connectivity index (χ1v) is 5.80. The summed E-state index contributed by atoms with van der Waals surface area (Å²) in [6.45, 7) is 4.84. The Kier molecular flexibility index (Phi) is 4.55. The normalized spacial score (nSPS) is 10.1. The van der Waals surface area contributed by atoms with Crippen LogP contribution >= 0.6 is 11.3 Å². The highest BCUT2D eigenvalue weighted by Gasteiger charge is 2.14. The highest BCUT2D eigenvalue weighted by atomic mass is 32.1. The number of unbranched alkanes of at least 4 members (excludes halogenated alkanes) is 1. The molecule has 0 saturated carbocycles. The van der Waals surface area contributed by atoms with Crippen molar-refractivity contribution in [2.45, 2.75) is 26.7 Å². The van der Waals surface area contributed by atoms with Crippen LogP contribution in [0.4, 0.5) is 5.13 Å². The lowest BCUT2D eigenvalue weighted by Gasteiger charge is -1.98. The van der Waals surface area contributed by atoms with E-state index in [-0.39, 0.29) is 5.97 Å². The molecule has 0 saturated heterocycles. The molecule has 0 spiro atoms. The molecule has 5 heteroatoms. The number of carbonyl (C=O) groups excluding carboxylic acids is 1. The van der Waals surface area contributed by atoms with Crippen molar-refractivity contribution >= 4 is 22.4 Å². The number of anilines is 1. The molecule has 0 radical (unpaired) electrons. The van der Waals surface area contributed by atoms with Crippen LogP contribution in [0.1, 0.15) is 35.1 Å². The Hall–Kier alpha value is -1.10. The Morgan fingerprint density at radius 2 is 2.33 bits per heavy atom.